The lowest BCUT2D eigenvalue weighted by Crippen LogP contribution is -1.97. The summed E-state index contributed by atoms with van der Waals surface area (Å²) in [5, 5.41) is 10.8. The molecule has 2 aromatic rings. The molecule has 2 aromatic carbocycles. The van der Waals surface area contributed by atoms with Gasteiger partial charge in [-0.05, 0) is 5.39 Å². The number of rotatable bonds is 5. The van der Waals surface area contributed by atoms with Crippen molar-refractivity contribution in [3.8, 4) is 11.5 Å². The summed E-state index contributed by atoms with van der Waals surface area (Å²) in [4.78, 5) is 4.18. The molecule has 0 aliphatic carbocycles. The van der Waals surface area contributed by atoms with E-state index in [4.69, 9.17) is 14.6 Å². The molecule has 0 fully saturated rings. The van der Waals surface area contributed by atoms with Gasteiger partial charge < -0.3 is 14.6 Å². The van der Waals surface area contributed by atoms with Gasteiger partial charge >= 0.3 is 0 Å². The highest BCUT2D eigenvalue weighted by Gasteiger charge is 2.11. The Balaban J connectivity index is 2.65. The Kier molecular flexibility index (Phi) is 4.36. The number of fused-ring (bicyclic) bond motifs is 1. The number of ether oxygens (including phenoxy) is 2. The standard InChI is InChI=1S/C15H17NO3/c1-18-14-9-15(19-2)13(10-16-7-8-17)11-5-3-4-6-12(11)14/h3-6,9-10,17H,7-8H2,1-2H3/b16-10+. The van der Waals surface area contributed by atoms with Crippen molar-refractivity contribution in [2.75, 3.05) is 27.4 Å². The SMILES string of the molecule is COc1cc(OC)c2ccccc2c1/C=N/CCO. The number of nitrogens with zero attached hydrogens (tertiary/aromatic N) is 1. The summed E-state index contributed by atoms with van der Waals surface area (Å²) < 4.78 is 10.8. The van der Waals surface area contributed by atoms with E-state index < -0.39 is 0 Å². The maximum absolute atomic E-state index is 8.80. The lowest BCUT2D eigenvalue weighted by Gasteiger charge is -2.12. The quantitative estimate of drug-likeness (QED) is 0.838. The number of methoxy groups -OCH3 is 2. The molecule has 0 radical (unpaired) electrons. The van der Waals surface area contributed by atoms with Crippen LogP contribution in [0, 0.1) is 0 Å². The van der Waals surface area contributed by atoms with Crippen molar-refractivity contribution in [1.82, 2.24) is 0 Å². The van der Waals surface area contributed by atoms with Gasteiger partial charge in [0.2, 0.25) is 0 Å². The van der Waals surface area contributed by atoms with Crippen LogP contribution in [0.15, 0.2) is 35.3 Å². The van der Waals surface area contributed by atoms with E-state index in [9.17, 15) is 0 Å². The largest absolute Gasteiger partial charge is 0.496 e. The summed E-state index contributed by atoms with van der Waals surface area (Å²) in [5.41, 5.74) is 0.896. The highest BCUT2D eigenvalue weighted by Crippen LogP contribution is 2.34. The fraction of sp³-hybridized carbons (Fsp3) is 0.267. The van der Waals surface area contributed by atoms with E-state index in [1.54, 1.807) is 20.4 Å². The predicted molar refractivity (Wildman–Crippen MR) is 76.6 cm³/mol. The summed E-state index contributed by atoms with van der Waals surface area (Å²) >= 11 is 0. The fourth-order valence-electron chi connectivity index (χ4n) is 2.02. The molecule has 4 nitrogen and oxygen atoms in total. The number of benzene rings is 2. The molecule has 0 heterocycles. The Hall–Kier alpha value is -2.07. The molecule has 0 bridgehead atoms. The zero-order valence-corrected chi connectivity index (χ0v) is 11.1. The van der Waals surface area contributed by atoms with Crippen LogP contribution in [0.5, 0.6) is 11.5 Å². The molecule has 4 heteroatoms. The number of aliphatic hydroxyl groups is 1. The molecular formula is C15H17NO3. The van der Waals surface area contributed by atoms with Crippen molar-refractivity contribution < 1.29 is 14.6 Å². The third-order valence-electron chi connectivity index (χ3n) is 2.90. The normalized spacial score (nSPS) is 11.1. The second-order valence-electron chi connectivity index (χ2n) is 4.00. The van der Waals surface area contributed by atoms with Gasteiger partial charge in [0, 0.05) is 23.2 Å². The van der Waals surface area contributed by atoms with Crippen LogP contribution < -0.4 is 9.47 Å². The fourth-order valence-corrected chi connectivity index (χ4v) is 2.02. The first-order valence-electron chi connectivity index (χ1n) is 6.06. The number of hydrogen-bond donors (Lipinski definition) is 1. The number of hydrogen-bond acceptors (Lipinski definition) is 4. The Bertz CT molecular complexity index is 593. The van der Waals surface area contributed by atoms with Gasteiger partial charge in [-0.15, -0.1) is 0 Å². The highest BCUT2D eigenvalue weighted by molar-refractivity contribution is 6.05. The lowest BCUT2D eigenvalue weighted by atomic mass is 10.0. The highest BCUT2D eigenvalue weighted by atomic mass is 16.5. The van der Waals surface area contributed by atoms with Crippen molar-refractivity contribution in [2.45, 2.75) is 0 Å². The van der Waals surface area contributed by atoms with Crippen molar-refractivity contribution in [3.05, 3.63) is 35.9 Å². The van der Waals surface area contributed by atoms with E-state index >= 15 is 0 Å². The van der Waals surface area contributed by atoms with Crippen LogP contribution in [0.4, 0.5) is 0 Å². The van der Waals surface area contributed by atoms with Crippen LogP contribution in [-0.4, -0.2) is 38.7 Å². The zero-order valence-electron chi connectivity index (χ0n) is 11.1. The van der Waals surface area contributed by atoms with Crippen LogP contribution in [0.2, 0.25) is 0 Å². The maximum Gasteiger partial charge on any atom is 0.131 e. The van der Waals surface area contributed by atoms with E-state index in [0.29, 0.717) is 12.3 Å². The molecule has 0 atom stereocenters. The summed E-state index contributed by atoms with van der Waals surface area (Å²) in [7, 11) is 3.26. The summed E-state index contributed by atoms with van der Waals surface area (Å²) in [5.74, 6) is 1.48. The van der Waals surface area contributed by atoms with Gasteiger partial charge in [0.1, 0.15) is 11.5 Å². The maximum atomic E-state index is 8.80. The zero-order chi connectivity index (χ0) is 13.7. The molecule has 0 aromatic heterocycles. The second-order valence-corrected chi connectivity index (χ2v) is 4.00. The molecule has 0 spiro atoms. The molecule has 1 N–H and O–H groups in total. The summed E-state index contributed by atoms with van der Waals surface area (Å²) in [6.07, 6.45) is 1.73. The van der Waals surface area contributed by atoms with Gasteiger partial charge in [-0.25, -0.2) is 0 Å². The summed E-state index contributed by atoms with van der Waals surface area (Å²) in [6, 6.07) is 9.77. The smallest absolute Gasteiger partial charge is 0.131 e. The van der Waals surface area contributed by atoms with Crippen molar-refractivity contribution in [3.63, 3.8) is 0 Å². The van der Waals surface area contributed by atoms with Gasteiger partial charge in [0.15, 0.2) is 0 Å². The van der Waals surface area contributed by atoms with Gasteiger partial charge in [-0.3, -0.25) is 4.99 Å². The van der Waals surface area contributed by atoms with E-state index in [1.807, 2.05) is 30.3 Å². The van der Waals surface area contributed by atoms with Gasteiger partial charge in [-0.2, -0.15) is 0 Å². The lowest BCUT2D eigenvalue weighted by molar-refractivity contribution is 0.307. The number of aliphatic imine (C=N–C) groups is 1. The monoisotopic (exact) mass is 259 g/mol. The molecule has 0 unspecified atom stereocenters. The van der Waals surface area contributed by atoms with Gasteiger partial charge in [0.25, 0.3) is 0 Å². The average Bonchev–Trinajstić information content (AvgIpc) is 2.47. The molecule has 2 rings (SSSR count). The van der Waals surface area contributed by atoms with Gasteiger partial charge in [-0.1, -0.05) is 24.3 Å². The van der Waals surface area contributed by atoms with Crippen molar-refractivity contribution >= 4 is 17.0 Å². The molecule has 0 aliphatic rings. The summed E-state index contributed by atoms with van der Waals surface area (Å²) in [6.45, 7) is 0.413. The van der Waals surface area contributed by atoms with Crippen LogP contribution in [0.25, 0.3) is 10.8 Å². The van der Waals surface area contributed by atoms with Crippen molar-refractivity contribution in [2.24, 2.45) is 4.99 Å². The first kappa shape index (κ1) is 13.4. The molecule has 0 saturated heterocycles. The third-order valence-corrected chi connectivity index (χ3v) is 2.90. The van der Waals surface area contributed by atoms with Crippen LogP contribution in [0.3, 0.4) is 0 Å². The molecule has 0 saturated carbocycles. The first-order chi connectivity index (χ1) is 9.31. The minimum absolute atomic E-state index is 0.0346. The van der Waals surface area contributed by atoms with E-state index in [0.717, 1.165) is 22.1 Å². The van der Waals surface area contributed by atoms with E-state index in [1.165, 1.54) is 0 Å². The molecular weight excluding hydrogens is 242 g/mol. The average molecular weight is 259 g/mol. The topological polar surface area (TPSA) is 51.0 Å². The Morgan fingerprint density at radius 3 is 2.42 bits per heavy atom. The third kappa shape index (κ3) is 2.69. The second kappa shape index (κ2) is 6.20. The Labute approximate surface area is 112 Å². The van der Waals surface area contributed by atoms with E-state index in [-0.39, 0.29) is 6.61 Å². The molecule has 100 valence electrons. The molecule has 0 aliphatic heterocycles. The predicted octanol–water partition coefficient (Wildman–Crippen LogP) is 2.27. The van der Waals surface area contributed by atoms with Crippen LogP contribution in [-0.2, 0) is 0 Å². The molecule has 19 heavy (non-hydrogen) atoms. The minimum Gasteiger partial charge on any atom is -0.496 e. The van der Waals surface area contributed by atoms with Crippen molar-refractivity contribution in [1.29, 1.82) is 0 Å². The Morgan fingerprint density at radius 1 is 1.11 bits per heavy atom. The van der Waals surface area contributed by atoms with Crippen LogP contribution in [0.1, 0.15) is 5.56 Å². The van der Waals surface area contributed by atoms with E-state index in [2.05, 4.69) is 4.99 Å². The Morgan fingerprint density at radius 2 is 1.79 bits per heavy atom. The number of aliphatic hydroxyl groups excluding tert-OH is 1. The van der Waals surface area contributed by atoms with Gasteiger partial charge in [0.05, 0.1) is 27.4 Å². The first-order valence-corrected chi connectivity index (χ1v) is 6.06. The molecule has 0 amide bonds. The van der Waals surface area contributed by atoms with Crippen LogP contribution >= 0.6 is 0 Å². The minimum atomic E-state index is 0.0346.